The summed E-state index contributed by atoms with van der Waals surface area (Å²) in [5.41, 5.74) is 1.22. The number of aryl methyl sites for hydroxylation is 1. The summed E-state index contributed by atoms with van der Waals surface area (Å²) in [6.07, 6.45) is 0.968. The van der Waals surface area contributed by atoms with Crippen molar-refractivity contribution < 1.29 is 9.18 Å². The van der Waals surface area contributed by atoms with Crippen LogP contribution in [0.4, 0.5) is 4.39 Å². The van der Waals surface area contributed by atoms with Crippen LogP contribution in [-0.2, 0) is 0 Å². The molecule has 0 saturated carbocycles. The zero-order valence-electron chi connectivity index (χ0n) is 11.0. The number of hydrogen-bond donors (Lipinski definition) is 1. The van der Waals surface area contributed by atoms with Crippen LogP contribution in [0.2, 0.25) is 0 Å². The minimum absolute atomic E-state index is 0.0282. The Kier molecular flexibility index (Phi) is 5.32. The first-order chi connectivity index (χ1) is 8.35. The normalized spacial score (nSPS) is 11.4. The molecule has 1 amide bonds. The van der Waals surface area contributed by atoms with Crippen molar-refractivity contribution in [2.24, 2.45) is 5.41 Å². The third-order valence-corrected chi connectivity index (χ3v) is 3.34. The van der Waals surface area contributed by atoms with Gasteiger partial charge in [-0.25, -0.2) is 4.39 Å². The third-order valence-electron chi connectivity index (χ3n) is 2.94. The second-order valence-electron chi connectivity index (χ2n) is 5.25. The van der Waals surface area contributed by atoms with Crippen molar-refractivity contribution in [1.29, 1.82) is 0 Å². The lowest BCUT2D eigenvalue weighted by Gasteiger charge is -2.24. The Morgan fingerprint density at radius 2 is 2.11 bits per heavy atom. The summed E-state index contributed by atoms with van der Waals surface area (Å²) >= 11 is 3.40. The van der Waals surface area contributed by atoms with Crippen LogP contribution < -0.4 is 5.32 Å². The molecule has 0 aromatic heterocycles. The van der Waals surface area contributed by atoms with Gasteiger partial charge < -0.3 is 5.32 Å². The highest BCUT2D eigenvalue weighted by Gasteiger charge is 2.19. The van der Waals surface area contributed by atoms with Gasteiger partial charge in [0.15, 0.2) is 0 Å². The molecule has 0 heterocycles. The maximum atomic E-state index is 13.1. The number of benzene rings is 1. The second-order valence-corrected chi connectivity index (χ2v) is 6.04. The predicted molar refractivity (Wildman–Crippen MR) is 75.7 cm³/mol. The SMILES string of the molecule is Cc1ccc(F)cc1C(=O)NCC(C)(C)CCBr. The van der Waals surface area contributed by atoms with Gasteiger partial charge in [-0.3, -0.25) is 4.79 Å². The van der Waals surface area contributed by atoms with Gasteiger partial charge >= 0.3 is 0 Å². The molecule has 1 N–H and O–H groups in total. The number of nitrogens with one attached hydrogen (secondary N) is 1. The molecule has 1 aromatic carbocycles. The highest BCUT2D eigenvalue weighted by atomic mass is 79.9. The van der Waals surface area contributed by atoms with Crippen LogP contribution in [0.3, 0.4) is 0 Å². The summed E-state index contributed by atoms with van der Waals surface area (Å²) in [5.74, 6) is -0.597. The third kappa shape index (κ3) is 4.41. The Hall–Kier alpha value is -0.900. The van der Waals surface area contributed by atoms with Gasteiger partial charge in [-0.05, 0) is 36.5 Å². The van der Waals surface area contributed by atoms with E-state index in [2.05, 4.69) is 35.1 Å². The summed E-state index contributed by atoms with van der Waals surface area (Å²) in [6.45, 7) is 6.56. The molecular formula is C14H19BrFNO. The van der Waals surface area contributed by atoms with Crippen molar-refractivity contribution in [2.45, 2.75) is 27.2 Å². The molecule has 0 saturated heterocycles. The molecule has 0 aliphatic rings. The first kappa shape index (κ1) is 15.2. The van der Waals surface area contributed by atoms with Gasteiger partial charge in [0.25, 0.3) is 5.91 Å². The summed E-state index contributed by atoms with van der Waals surface area (Å²) < 4.78 is 13.1. The lowest BCUT2D eigenvalue weighted by atomic mass is 9.90. The molecule has 18 heavy (non-hydrogen) atoms. The molecule has 0 radical (unpaired) electrons. The predicted octanol–water partition coefficient (Wildman–Crippen LogP) is 3.68. The van der Waals surface area contributed by atoms with Crippen LogP contribution in [-0.4, -0.2) is 17.8 Å². The molecule has 0 aliphatic carbocycles. The smallest absolute Gasteiger partial charge is 0.251 e. The zero-order chi connectivity index (χ0) is 13.8. The maximum absolute atomic E-state index is 13.1. The van der Waals surface area contributed by atoms with E-state index in [4.69, 9.17) is 0 Å². The van der Waals surface area contributed by atoms with E-state index in [0.29, 0.717) is 12.1 Å². The first-order valence-electron chi connectivity index (χ1n) is 5.96. The number of halogens is 2. The van der Waals surface area contributed by atoms with E-state index in [9.17, 15) is 9.18 Å². The Morgan fingerprint density at radius 1 is 1.44 bits per heavy atom. The number of alkyl halides is 1. The maximum Gasteiger partial charge on any atom is 0.251 e. The fourth-order valence-electron chi connectivity index (χ4n) is 1.60. The van der Waals surface area contributed by atoms with Gasteiger partial charge in [0, 0.05) is 17.4 Å². The molecule has 0 bridgehead atoms. The largest absolute Gasteiger partial charge is 0.351 e. The van der Waals surface area contributed by atoms with Crippen LogP contribution >= 0.6 is 15.9 Å². The monoisotopic (exact) mass is 315 g/mol. The molecule has 0 atom stereocenters. The standard InChI is InChI=1S/C14H19BrFNO/c1-10-4-5-11(16)8-12(10)13(18)17-9-14(2,3)6-7-15/h4-5,8H,6-7,9H2,1-3H3,(H,17,18). The summed E-state index contributed by atoms with van der Waals surface area (Å²) in [7, 11) is 0. The van der Waals surface area contributed by atoms with Crippen LogP contribution in [0.15, 0.2) is 18.2 Å². The van der Waals surface area contributed by atoms with Crippen molar-refractivity contribution in [3.8, 4) is 0 Å². The van der Waals surface area contributed by atoms with E-state index in [-0.39, 0.29) is 17.1 Å². The number of carbonyl (C=O) groups is 1. The molecule has 0 spiro atoms. The number of rotatable bonds is 5. The summed E-state index contributed by atoms with van der Waals surface area (Å²) in [4.78, 5) is 12.0. The summed E-state index contributed by atoms with van der Waals surface area (Å²) in [5, 5.41) is 3.76. The van der Waals surface area contributed by atoms with E-state index >= 15 is 0 Å². The quantitative estimate of drug-likeness (QED) is 0.825. The van der Waals surface area contributed by atoms with Gasteiger partial charge in [0.2, 0.25) is 0 Å². The van der Waals surface area contributed by atoms with Crippen molar-refractivity contribution in [3.05, 3.63) is 35.1 Å². The van der Waals surface area contributed by atoms with Crippen molar-refractivity contribution in [2.75, 3.05) is 11.9 Å². The van der Waals surface area contributed by atoms with E-state index in [1.165, 1.54) is 12.1 Å². The molecule has 0 unspecified atom stereocenters. The van der Waals surface area contributed by atoms with Crippen LogP contribution in [0.25, 0.3) is 0 Å². The molecule has 1 rings (SSSR count). The molecule has 2 nitrogen and oxygen atoms in total. The van der Waals surface area contributed by atoms with E-state index < -0.39 is 0 Å². The fourth-order valence-corrected chi connectivity index (χ4v) is 2.67. The number of carbonyl (C=O) groups excluding carboxylic acids is 1. The molecule has 0 aliphatic heterocycles. The van der Waals surface area contributed by atoms with E-state index in [1.807, 2.05) is 0 Å². The second kappa shape index (κ2) is 6.32. The average Bonchev–Trinajstić information content (AvgIpc) is 2.29. The average molecular weight is 316 g/mol. The molecular weight excluding hydrogens is 297 g/mol. The van der Waals surface area contributed by atoms with Crippen LogP contribution in [0.1, 0.15) is 36.2 Å². The molecule has 100 valence electrons. The number of amides is 1. The number of hydrogen-bond acceptors (Lipinski definition) is 1. The van der Waals surface area contributed by atoms with E-state index in [0.717, 1.165) is 17.3 Å². The molecule has 4 heteroatoms. The topological polar surface area (TPSA) is 29.1 Å². The van der Waals surface area contributed by atoms with Gasteiger partial charge in [-0.15, -0.1) is 0 Å². The highest BCUT2D eigenvalue weighted by Crippen LogP contribution is 2.20. The lowest BCUT2D eigenvalue weighted by Crippen LogP contribution is -2.34. The fraction of sp³-hybridized carbons (Fsp3) is 0.500. The Morgan fingerprint density at radius 3 is 2.72 bits per heavy atom. The zero-order valence-corrected chi connectivity index (χ0v) is 12.6. The minimum atomic E-state index is -0.384. The Balaban J connectivity index is 2.69. The van der Waals surface area contributed by atoms with Crippen molar-refractivity contribution in [3.63, 3.8) is 0 Å². The Labute approximate surface area is 116 Å². The minimum Gasteiger partial charge on any atom is -0.351 e. The first-order valence-corrected chi connectivity index (χ1v) is 7.08. The molecule has 0 fully saturated rings. The van der Waals surface area contributed by atoms with Gasteiger partial charge in [-0.1, -0.05) is 35.8 Å². The van der Waals surface area contributed by atoms with E-state index in [1.54, 1.807) is 13.0 Å². The van der Waals surface area contributed by atoms with Crippen molar-refractivity contribution in [1.82, 2.24) is 5.32 Å². The van der Waals surface area contributed by atoms with Gasteiger partial charge in [0.05, 0.1) is 0 Å². The highest BCUT2D eigenvalue weighted by molar-refractivity contribution is 9.09. The summed E-state index contributed by atoms with van der Waals surface area (Å²) in [6, 6.07) is 4.26. The lowest BCUT2D eigenvalue weighted by molar-refractivity contribution is 0.0935. The van der Waals surface area contributed by atoms with Gasteiger partial charge in [0.1, 0.15) is 5.82 Å². The van der Waals surface area contributed by atoms with Crippen molar-refractivity contribution >= 4 is 21.8 Å². The van der Waals surface area contributed by atoms with Gasteiger partial charge in [-0.2, -0.15) is 0 Å². The Bertz CT molecular complexity index is 432. The molecule has 1 aromatic rings. The van der Waals surface area contributed by atoms with Crippen LogP contribution in [0.5, 0.6) is 0 Å². The van der Waals surface area contributed by atoms with Crippen LogP contribution in [0, 0.1) is 18.2 Å².